The number of carbonyl (C=O) groups is 2. The average molecular weight is 471 g/mol. The summed E-state index contributed by atoms with van der Waals surface area (Å²) in [5.41, 5.74) is 3.13. The first-order valence-electron chi connectivity index (χ1n) is 11.7. The van der Waals surface area contributed by atoms with Gasteiger partial charge in [0.2, 0.25) is 0 Å². The highest BCUT2D eigenvalue weighted by molar-refractivity contribution is 6.46. The molecule has 1 aliphatic heterocycles. The van der Waals surface area contributed by atoms with E-state index in [0.29, 0.717) is 17.9 Å². The molecule has 35 heavy (non-hydrogen) atoms. The molecule has 1 N–H and O–H groups in total. The van der Waals surface area contributed by atoms with Gasteiger partial charge in [-0.3, -0.25) is 14.6 Å². The number of amides is 1. The van der Waals surface area contributed by atoms with Crippen LogP contribution in [-0.2, 0) is 21.5 Å². The van der Waals surface area contributed by atoms with Gasteiger partial charge in [0.05, 0.1) is 18.2 Å². The third kappa shape index (κ3) is 4.97. The molecule has 6 nitrogen and oxygen atoms in total. The van der Waals surface area contributed by atoms with Gasteiger partial charge in [-0.25, -0.2) is 0 Å². The zero-order valence-corrected chi connectivity index (χ0v) is 20.5. The van der Waals surface area contributed by atoms with Crippen molar-refractivity contribution in [2.24, 2.45) is 0 Å². The van der Waals surface area contributed by atoms with Crippen molar-refractivity contribution in [3.05, 3.63) is 101 Å². The quantitative estimate of drug-likeness (QED) is 0.296. The predicted molar refractivity (Wildman–Crippen MR) is 135 cm³/mol. The summed E-state index contributed by atoms with van der Waals surface area (Å²) < 4.78 is 5.56. The van der Waals surface area contributed by atoms with E-state index >= 15 is 0 Å². The molecule has 0 bridgehead atoms. The first-order valence-corrected chi connectivity index (χ1v) is 11.7. The number of aliphatic hydroxyl groups is 1. The van der Waals surface area contributed by atoms with Gasteiger partial charge in [-0.2, -0.15) is 0 Å². The van der Waals surface area contributed by atoms with E-state index in [-0.39, 0.29) is 23.3 Å². The number of nitrogens with zero attached hydrogens (tertiary/aromatic N) is 2. The minimum Gasteiger partial charge on any atom is -0.507 e. The Labute approximate surface area is 205 Å². The van der Waals surface area contributed by atoms with E-state index in [1.54, 1.807) is 42.7 Å². The number of rotatable bonds is 6. The SMILES string of the molecule is CCOc1cccc(C(O)=C2C(=O)C(=O)N(Cc3cccnc3)C2c2ccc(C(C)(C)C)cc2)c1. The number of ketones is 1. The van der Waals surface area contributed by atoms with E-state index in [2.05, 4.69) is 25.8 Å². The van der Waals surface area contributed by atoms with Crippen molar-refractivity contribution in [3.8, 4) is 5.75 Å². The van der Waals surface area contributed by atoms with Crippen LogP contribution in [0.5, 0.6) is 5.75 Å². The van der Waals surface area contributed by atoms with Crippen molar-refractivity contribution in [2.45, 2.75) is 45.7 Å². The molecule has 1 atom stereocenters. The molecule has 180 valence electrons. The molecule has 2 aromatic carbocycles. The van der Waals surface area contributed by atoms with Crippen molar-refractivity contribution < 1.29 is 19.4 Å². The van der Waals surface area contributed by atoms with Crippen molar-refractivity contribution >= 4 is 17.4 Å². The van der Waals surface area contributed by atoms with Gasteiger partial charge in [0.25, 0.3) is 11.7 Å². The van der Waals surface area contributed by atoms with Gasteiger partial charge in [-0.05, 0) is 47.2 Å². The molecule has 1 amide bonds. The molecule has 1 aliphatic rings. The Bertz CT molecular complexity index is 1260. The number of aliphatic hydroxyl groups excluding tert-OH is 1. The molecule has 1 aromatic heterocycles. The maximum atomic E-state index is 13.3. The first-order chi connectivity index (χ1) is 16.7. The van der Waals surface area contributed by atoms with Gasteiger partial charge < -0.3 is 14.7 Å². The minimum absolute atomic E-state index is 0.0459. The summed E-state index contributed by atoms with van der Waals surface area (Å²) in [6.07, 6.45) is 3.33. The second kappa shape index (κ2) is 9.74. The van der Waals surface area contributed by atoms with Crippen LogP contribution in [0.15, 0.2) is 78.6 Å². The topological polar surface area (TPSA) is 79.7 Å². The maximum absolute atomic E-state index is 13.3. The maximum Gasteiger partial charge on any atom is 0.295 e. The summed E-state index contributed by atoms with van der Waals surface area (Å²) >= 11 is 0. The molecule has 3 aromatic rings. The number of likely N-dealkylation sites (tertiary alicyclic amines) is 1. The summed E-state index contributed by atoms with van der Waals surface area (Å²) in [6, 6.07) is 17.7. The van der Waals surface area contributed by atoms with Crippen molar-refractivity contribution in [1.29, 1.82) is 0 Å². The molecule has 0 aliphatic carbocycles. The van der Waals surface area contributed by atoms with Crippen LogP contribution < -0.4 is 4.74 Å². The van der Waals surface area contributed by atoms with E-state index in [1.807, 2.05) is 37.3 Å². The molecule has 6 heteroatoms. The summed E-state index contributed by atoms with van der Waals surface area (Å²) in [6.45, 7) is 8.92. The molecule has 0 spiro atoms. The normalized spacial score (nSPS) is 17.6. The van der Waals surface area contributed by atoms with E-state index < -0.39 is 17.7 Å². The van der Waals surface area contributed by atoms with Crippen LogP contribution in [0.25, 0.3) is 5.76 Å². The van der Waals surface area contributed by atoms with Crippen molar-refractivity contribution in [1.82, 2.24) is 9.88 Å². The fourth-order valence-corrected chi connectivity index (χ4v) is 4.30. The fourth-order valence-electron chi connectivity index (χ4n) is 4.30. The lowest BCUT2D eigenvalue weighted by Gasteiger charge is -2.26. The summed E-state index contributed by atoms with van der Waals surface area (Å²) in [5.74, 6) is -1.00. The Morgan fingerprint density at radius 1 is 1.06 bits per heavy atom. The highest BCUT2D eigenvalue weighted by atomic mass is 16.5. The Kier molecular flexibility index (Phi) is 6.74. The molecule has 1 fully saturated rings. The molecule has 1 saturated heterocycles. The highest BCUT2D eigenvalue weighted by Crippen LogP contribution is 2.41. The fraction of sp³-hybridized carbons (Fsp3) is 0.276. The second-order valence-electron chi connectivity index (χ2n) is 9.62. The van der Waals surface area contributed by atoms with Gasteiger partial charge >= 0.3 is 0 Å². The highest BCUT2D eigenvalue weighted by Gasteiger charge is 2.46. The number of ether oxygens (including phenoxy) is 1. The van der Waals surface area contributed by atoms with Gasteiger partial charge in [-0.1, -0.05) is 63.2 Å². The Morgan fingerprint density at radius 3 is 2.43 bits per heavy atom. The zero-order valence-electron chi connectivity index (χ0n) is 20.5. The van der Waals surface area contributed by atoms with E-state index in [1.165, 1.54) is 4.90 Å². The summed E-state index contributed by atoms with van der Waals surface area (Å²) in [5, 5.41) is 11.3. The van der Waals surface area contributed by atoms with Crippen LogP contribution in [0, 0.1) is 0 Å². The third-order valence-corrected chi connectivity index (χ3v) is 6.13. The zero-order chi connectivity index (χ0) is 25.2. The van der Waals surface area contributed by atoms with E-state index in [0.717, 1.165) is 16.7 Å². The molecule has 0 saturated carbocycles. The number of Topliss-reactive ketones (excluding diaryl/α,β-unsaturated/α-hetero) is 1. The monoisotopic (exact) mass is 470 g/mol. The van der Waals surface area contributed by atoms with Gasteiger partial charge in [-0.15, -0.1) is 0 Å². The van der Waals surface area contributed by atoms with Crippen LogP contribution >= 0.6 is 0 Å². The van der Waals surface area contributed by atoms with E-state index in [9.17, 15) is 14.7 Å². The lowest BCUT2D eigenvalue weighted by Crippen LogP contribution is -2.29. The molecule has 2 heterocycles. The average Bonchev–Trinajstić information content (AvgIpc) is 3.09. The Hall–Kier alpha value is -3.93. The van der Waals surface area contributed by atoms with Crippen LogP contribution in [-0.4, -0.2) is 33.3 Å². The smallest absolute Gasteiger partial charge is 0.295 e. The molecule has 0 radical (unpaired) electrons. The number of hydrogen-bond acceptors (Lipinski definition) is 5. The Morgan fingerprint density at radius 2 is 1.80 bits per heavy atom. The molecule has 1 unspecified atom stereocenters. The first kappa shape index (κ1) is 24.2. The number of benzene rings is 2. The lowest BCUT2D eigenvalue weighted by atomic mass is 9.85. The number of hydrogen-bond donors (Lipinski definition) is 1. The largest absolute Gasteiger partial charge is 0.507 e. The second-order valence-corrected chi connectivity index (χ2v) is 9.62. The standard InChI is InChI=1S/C29H30N2O4/c1-5-35-23-10-6-9-21(16-23)26(32)24-25(20-11-13-22(14-12-20)29(2,3)4)31(28(34)27(24)33)18-19-8-7-15-30-17-19/h6-17,25,32H,5,18H2,1-4H3. The summed E-state index contributed by atoms with van der Waals surface area (Å²) in [7, 11) is 0. The lowest BCUT2D eigenvalue weighted by molar-refractivity contribution is -0.140. The van der Waals surface area contributed by atoms with Gasteiger partial charge in [0, 0.05) is 24.5 Å². The minimum atomic E-state index is -0.736. The number of carbonyl (C=O) groups excluding carboxylic acids is 2. The Balaban J connectivity index is 1.85. The van der Waals surface area contributed by atoms with Gasteiger partial charge in [0.15, 0.2) is 0 Å². The van der Waals surface area contributed by atoms with Crippen LogP contribution in [0.4, 0.5) is 0 Å². The predicted octanol–water partition coefficient (Wildman–Crippen LogP) is 5.40. The third-order valence-electron chi connectivity index (χ3n) is 6.13. The number of aromatic nitrogens is 1. The van der Waals surface area contributed by atoms with Crippen molar-refractivity contribution in [3.63, 3.8) is 0 Å². The van der Waals surface area contributed by atoms with Crippen LogP contribution in [0.1, 0.15) is 56.0 Å². The number of pyridine rings is 1. The van der Waals surface area contributed by atoms with Crippen LogP contribution in [0.3, 0.4) is 0 Å². The molecular formula is C29H30N2O4. The van der Waals surface area contributed by atoms with Gasteiger partial charge in [0.1, 0.15) is 11.5 Å². The van der Waals surface area contributed by atoms with Crippen LogP contribution in [0.2, 0.25) is 0 Å². The van der Waals surface area contributed by atoms with Crippen molar-refractivity contribution in [2.75, 3.05) is 6.61 Å². The summed E-state index contributed by atoms with van der Waals surface area (Å²) in [4.78, 5) is 32.1. The van der Waals surface area contributed by atoms with E-state index in [4.69, 9.17) is 4.74 Å². The molecular weight excluding hydrogens is 440 g/mol. The molecule has 4 rings (SSSR count).